The first-order chi connectivity index (χ1) is 9.40. The van der Waals surface area contributed by atoms with Gasteiger partial charge < -0.3 is 9.80 Å². The van der Waals surface area contributed by atoms with E-state index in [1.165, 1.54) is 24.1 Å². The van der Waals surface area contributed by atoms with Gasteiger partial charge in [0.2, 0.25) is 5.91 Å². The third-order valence-corrected chi connectivity index (χ3v) is 3.84. The molecule has 8 heteroatoms. The first kappa shape index (κ1) is 16.1. The van der Waals surface area contributed by atoms with E-state index in [0.717, 1.165) is 11.3 Å². The van der Waals surface area contributed by atoms with Gasteiger partial charge in [-0.2, -0.15) is 0 Å². The number of thiophene rings is 1. The number of nitro groups is 1. The fraction of sp³-hybridized carbons (Fsp3) is 0.500. The predicted octanol–water partition coefficient (Wildman–Crippen LogP) is 1.60. The van der Waals surface area contributed by atoms with Gasteiger partial charge in [-0.15, -0.1) is 0 Å². The van der Waals surface area contributed by atoms with E-state index in [0.29, 0.717) is 13.1 Å². The minimum Gasteiger partial charge on any atom is -0.342 e. The van der Waals surface area contributed by atoms with Crippen molar-refractivity contribution in [2.45, 2.75) is 13.8 Å². The molecule has 0 N–H and O–H groups in total. The van der Waals surface area contributed by atoms with Gasteiger partial charge in [-0.25, -0.2) is 0 Å². The molecule has 0 saturated heterocycles. The van der Waals surface area contributed by atoms with Crippen LogP contribution in [0.1, 0.15) is 23.5 Å². The Bertz CT molecular complexity index is 511. The Morgan fingerprint density at radius 3 is 2.35 bits per heavy atom. The number of amides is 2. The van der Waals surface area contributed by atoms with Crippen molar-refractivity contribution in [2.75, 3.05) is 26.7 Å². The lowest BCUT2D eigenvalue weighted by Gasteiger charge is -2.22. The van der Waals surface area contributed by atoms with Gasteiger partial charge in [-0.3, -0.25) is 19.7 Å². The molecule has 1 rings (SSSR count). The van der Waals surface area contributed by atoms with Crippen molar-refractivity contribution in [1.29, 1.82) is 0 Å². The van der Waals surface area contributed by atoms with Crippen LogP contribution >= 0.6 is 11.3 Å². The number of nitrogens with zero attached hydrogens (tertiary/aromatic N) is 3. The molecule has 110 valence electrons. The maximum Gasteiger partial charge on any atom is 0.324 e. The summed E-state index contributed by atoms with van der Waals surface area (Å²) in [5.41, 5.74) is 0. The number of rotatable bonds is 6. The quantitative estimate of drug-likeness (QED) is 0.590. The molecule has 1 heterocycles. The van der Waals surface area contributed by atoms with E-state index in [4.69, 9.17) is 0 Å². The zero-order valence-corrected chi connectivity index (χ0v) is 12.5. The topological polar surface area (TPSA) is 83.8 Å². The van der Waals surface area contributed by atoms with Gasteiger partial charge in [0, 0.05) is 26.2 Å². The molecule has 0 fully saturated rings. The summed E-state index contributed by atoms with van der Waals surface area (Å²) in [5, 5.41) is 10.5. The van der Waals surface area contributed by atoms with Gasteiger partial charge >= 0.3 is 5.00 Å². The summed E-state index contributed by atoms with van der Waals surface area (Å²) in [7, 11) is 1.51. The Labute approximate surface area is 120 Å². The maximum atomic E-state index is 12.1. The summed E-state index contributed by atoms with van der Waals surface area (Å²) < 4.78 is 0. The molecule has 0 atom stereocenters. The molecular formula is C12H17N3O4S. The van der Waals surface area contributed by atoms with Gasteiger partial charge in [-0.1, -0.05) is 11.3 Å². The van der Waals surface area contributed by atoms with Gasteiger partial charge in [0.25, 0.3) is 5.91 Å². The predicted molar refractivity (Wildman–Crippen MR) is 75.9 cm³/mol. The van der Waals surface area contributed by atoms with E-state index in [2.05, 4.69) is 0 Å². The second-order valence-electron chi connectivity index (χ2n) is 4.12. The minimum absolute atomic E-state index is 0.0355. The van der Waals surface area contributed by atoms with E-state index < -0.39 is 4.92 Å². The van der Waals surface area contributed by atoms with Crippen LogP contribution < -0.4 is 0 Å². The van der Waals surface area contributed by atoms with Crippen molar-refractivity contribution in [3.8, 4) is 0 Å². The highest BCUT2D eigenvalue weighted by molar-refractivity contribution is 7.17. The van der Waals surface area contributed by atoms with Gasteiger partial charge in [-0.05, 0) is 19.9 Å². The number of carbonyl (C=O) groups excluding carboxylic acids is 2. The molecule has 0 unspecified atom stereocenters. The second-order valence-corrected chi connectivity index (χ2v) is 5.18. The first-order valence-corrected chi connectivity index (χ1v) is 6.99. The van der Waals surface area contributed by atoms with Crippen molar-refractivity contribution < 1.29 is 14.5 Å². The van der Waals surface area contributed by atoms with Crippen LogP contribution in [0.5, 0.6) is 0 Å². The molecule has 0 aliphatic rings. The van der Waals surface area contributed by atoms with E-state index in [9.17, 15) is 19.7 Å². The fourth-order valence-corrected chi connectivity index (χ4v) is 2.50. The molecule has 0 aliphatic heterocycles. The Balaban J connectivity index is 2.71. The monoisotopic (exact) mass is 299 g/mol. The molecule has 1 aromatic rings. The van der Waals surface area contributed by atoms with E-state index in [1.807, 2.05) is 13.8 Å². The van der Waals surface area contributed by atoms with Crippen LogP contribution in [0.3, 0.4) is 0 Å². The smallest absolute Gasteiger partial charge is 0.324 e. The molecule has 2 amide bonds. The summed E-state index contributed by atoms with van der Waals surface area (Å²) in [4.78, 5) is 37.1. The van der Waals surface area contributed by atoms with Crippen LogP contribution in [-0.4, -0.2) is 53.2 Å². The van der Waals surface area contributed by atoms with Crippen molar-refractivity contribution >= 4 is 28.2 Å². The lowest BCUT2D eigenvalue weighted by molar-refractivity contribution is -0.380. The normalized spacial score (nSPS) is 10.2. The molecule has 0 bridgehead atoms. The third-order valence-electron chi connectivity index (χ3n) is 2.82. The molecule has 0 aromatic carbocycles. The molecule has 20 heavy (non-hydrogen) atoms. The fourth-order valence-electron chi connectivity index (χ4n) is 1.68. The van der Waals surface area contributed by atoms with Crippen LogP contribution in [0.25, 0.3) is 0 Å². The number of likely N-dealkylation sites (N-methyl/N-ethyl adjacent to an activating group) is 2. The summed E-state index contributed by atoms with van der Waals surface area (Å²) in [6, 6.07) is 2.70. The summed E-state index contributed by atoms with van der Waals surface area (Å²) in [6.07, 6.45) is 0. The van der Waals surface area contributed by atoms with Crippen molar-refractivity contribution in [2.24, 2.45) is 0 Å². The molecule has 0 aliphatic carbocycles. The zero-order chi connectivity index (χ0) is 15.3. The van der Waals surface area contributed by atoms with E-state index >= 15 is 0 Å². The van der Waals surface area contributed by atoms with E-state index in [-0.39, 0.29) is 28.2 Å². The first-order valence-electron chi connectivity index (χ1n) is 6.18. The highest BCUT2D eigenvalue weighted by Crippen LogP contribution is 2.24. The third kappa shape index (κ3) is 3.77. The molecule has 1 aromatic heterocycles. The van der Waals surface area contributed by atoms with Crippen molar-refractivity contribution in [1.82, 2.24) is 9.80 Å². The standard InChI is InChI=1S/C12H17N3O4S/c1-4-14(5-2)10(16)8-13(3)12(17)9-6-7-11(20-9)15(18)19/h6-7H,4-5,8H2,1-3H3. The van der Waals surface area contributed by atoms with Crippen molar-refractivity contribution in [3.63, 3.8) is 0 Å². The highest BCUT2D eigenvalue weighted by atomic mass is 32.1. The van der Waals surface area contributed by atoms with Gasteiger partial charge in [0.1, 0.15) is 0 Å². The zero-order valence-electron chi connectivity index (χ0n) is 11.7. The number of hydrogen-bond donors (Lipinski definition) is 0. The molecule has 0 spiro atoms. The summed E-state index contributed by atoms with van der Waals surface area (Å²) >= 11 is 0.809. The maximum absolute atomic E-state index is 12.1. The van der Waals surface area contributed by atoms with Crippen molar-refractivity contribution in [3.05, 3.63) is 27.1 Å². The second kappa shape index (κ2) is 6.99. The van der Waals surface area contributed by atoms with Crippen LogP contribution in [-0.2, 0) is 4.79 Å². The Kier molecular flexibility index (Phi) is 5.63. The number of hydrogen-bond acceptors (Lipinski definition) is 5. The van der Waals surface area contributed by atoms with Gasteiger partial charge in [0.05, 0.1) is 16.3 Å². The van der Waals surface area contributed by atoms with Crippen LogP contribution in [0, 0.1) is 10.1 Å². The minimum atomic E-state index is -0.539. The summed E-state index contributed by atoms with van der Waals surface area (Å²) in [5.74, 6) is -0.527. The van der Waals surface area contributed by atoms with Crippen LogP contribution in [0.2, 0.25) is 0 Å². The van der Waals surface area contributed by atoms with E-state index in [1.54, 1.807) is 4.90 Å². The summed E-state index contributed by atoms with van der Waals surface area (Å²) in [6.45, 7) is 4.87. The molecule has 0 saturated carbocycles. The van der Waals surface area contributed by atoms with Gasteiger partial charge in [0.15, 0.2) is 0 Å². The average molecular weight is 299 g/mol. The van der Waals surface area contributed by atoms with Crippen LogP contribution in [0.4, 0.5) is 5.00 Å². The lowest BCUT2D eigenvalue weighted by atomic mass is 10.3. The largest absolute Gasteiger partial charge is 0.342 e. The SMILES string of the molecule is CCN(CC)C(=O)CN(C)C(=O)c1ccc([N+](=O)[O-])s1. The Morgan fingerprint density at radius 1 is 1.30 bits per heavy atom. The number of carbonyl (C=O) groups is 2. The average Bonchev–Trinajstić information content (AvgIpc) is 2.88. The molecule has 7 nitrogen and oxygen atoms in total. The highest BCUT2D eigenvalue weighted by Gasteiger charge is 2.21. The van der Waals surface area contributed by atoms with Crippen LogP contribution in [0.15, 0.2) is 12.1 Å². The Morgan fingerprint density at radius 2 is 1.90 bits per heavy atom. The molecular weight excluding hydrogens is 282 g/mol. The molecule has 0 radical (unpaired) electrons. The Hall–Kier alpha value is -1.96. The lowest BCUT2D eigenvalue weighted by Crippen LogP contribution is -2.40.